The van der Waals surface area contributed by atoms with Crippen molar-refractivity contribution in [1.82, 2.24) is 10.6 Å². The smallest absolute Gasteiger partial charge is 0.429 e. The minimum absolute atomic E-state index is 0.000677. The molecule has 0 unspecified atom stereocenters. The molecule has 2 atom stereocenters. The average molecular weight is 1080 g/mol. The van der Waals surface area contributed by atoms with Gasteiger partial charge in [0.05, 0.1) is 69.4 Å². The van der Waals surface area contributed by atoms with Gasteiger partial charge >= 0.3 is 12.2 Å². The number of nitro groups is 1. The summed E-state index contributed by atoms with van der Waals surface area (Å²) in [6.07, 6.45) is 0.416. The number of hydrogen-bond donors (Lipinski definition) is 4. The van der Waals surface area contributed by atoms with Gasteiger partial charge in [0.1, 0.15) is 18.1 Å². The van der Waals surface area contributed by atoms with Gasteiger partial charge in [0, 0.05) is 80.1 Å². The number of fused-ring (bicyclic) bond motifs is 2. The molecule has 1 aliphatic rings. The third kappa shape index (κ3) is 21.9. The normalized spacial score (nSPS) is 12.3. The Balaban J connectivity index is 0.901. The lowest BCUT2D eigenvalue weighted by Crippen LogP contribution is -2.45. The first-order valence-corrected chi connectivity index (χ1v) is 25.8. The maximum absolute atomic E-state index is 13.7. The van der Waals surface area contributed by atoms with Crippen LogP contribution in [0.4, 0.5) is 26.7 Å². The largest absolute Gasteiger partial charge is 0.514 e. The quantitative estimate of drug-likeness (QED) is 0.00920. The molecule has 5 amide bonds. The number of amides is 5. The van der Waals surface area contributed by atoms with Crippen LogP contribution in [0, 0.1) is 33.8 Å². The molecule has 4 aromatic carbocycles. The van der Waals surface area contributed by atoms with Gasteiger partial charge in [-0.25, -0.2) is 9.59 Å². The molecule has 0 fully saturated rings. The maximum Gasteiger partial charge on any atom is 0.514 e. The van der Waals surface area contributed by atoms with E-state index >= 15 is 0 Å². The number of urea groups is 1. The number of nitrogens with one attached hydrogen (secondary N) is 3. The zero-order valence-electron chi connectivity index (χ0n) is 44.0. The zero-order chi connectivity index (χ0) is 56.1. The number of non-ortho nitro benzene ring substituents is 1. The molecule has 0 saturated heterocycles. The fourth-order valence-electron chi connectivity index (χ4n) is 7.96. The molecule has 1 aliphatic heterocycles. The summed E-state index contributed by atoms with van der Waals surface area (Å²) in [4.78, 5) is 102. The van der Waals surface area contributed by atoms with Crippen molar-refractivity contribution in [2.75, 3.05) is 69.6 Å². The van der Waals surface area contributed by atoms with Crippen LogP contribution < -0.4 is 31.3 Å². The van der Waals surface area contributed by atoms with Crippen molar-refractivity contribution in [1.29, 1.82) is 0 Å². The third-order valence-electron chi connectivity index (χ3n) is 12.1. The molecule has 5 rings (SSSR count). The molecule has 4 aromatic rings. The summed E-state index contributed by atoms with van der Waals surface area (Å²) in [5.74, 6) is 4.00. The molecule has 0 saturated carbocycles. The number of ketones is 2. The standard InChI is InChI=1S/C57H68N6O15/c1-40(2)54(51(65)37-44(12-7-28-59-56(58)69)55(68)60-46-19-15-41(16-20-46)39-77-57(70)78-49-24-21-47(22-25-49)63(71)72)61-52(66)27-30-74-32-34-76-36-35-75-33-31-73-29-8-13-48(64)23-26-53(67)62-38-45-11-4-3-9-42(45)17-18-43-10-5-6-14-50(43)62/h3-6,9-11,14-16,19-22,24-25,40,44,54H,7-8,12-13,23,26-39H2,1-2H3,(H,60,68)(H,61,66)(H3,58,59,69)/t44-,54+/m1/s1. The fraction of sp³-hybridized carbons (Fsp3) is 0.421. The van der Waals surface area contributed by atoms with Gasteiger partial charge in [0.25, 0.3) is 5.69 Å². The highest BCUT2D eigenvalue weighted by molar-refractivity contribution is 5.98. The molecular formula is C57H68N6O15. The lowest BCUT2D eigenvalue weighted by atomic mass is 9.89. The molecule has 416 valence electrons. The number of carbonyl (C=O) groups is 7. The van der Waals surface area contributed by atoms with Crippen LogP contribution in [-0.4, -0.2) is 112 Å². The van der Waals surface area contributed by atoms with Gasteiger partial charge in [0.2, 0.25) is 17.7 Å². The van der Waals surface area contributed by atoms with Crippen molar-refractivity contribution in [3.05, 3.63) is 129 Å². The Bertz CT molecular complexity index is 2710. The van der Waals surface area contributed by atoms with Crippen LogP contribution in [0.1, 0.15) is 87.5 Å². The van der Waals surface area contributed by atoms with E-state index in [2.05, 4.69) is 27.8 Å². The van der Waals surface area contributed by atoms with Crippen molar-refractivity contribution in [2.45, 2.75) is 84.4 Å². The first kappa shape index (κ1) is 60.8. The maximum atomic E-state index is 13.7. The number of para-hydroxylation sites is 1. The molecule has 0 aromatic heterocycles. The highest BCUT2D eigenvalue weighted by Crippen LogP contribution is 2.27. The van der Waals surface area contributed by atoms with Gasteiger partial charge in [0.15, 0.2) is 5.78 Å². The topological polar surface area (TPSA) is 283 Å². The van der Waals surface area contributed by atoms with Crippen LogP contribution in [-0.2, 0) is 60.8 Å². The predicted molar refractivity (Wildman–Crippen MR) is 287 cm³/mol. The number of primary amides is 1. The Morgan fingerprint density at radius 3 is 2.01 bits per heavy atom. The summed E-state index contributed by atoms with van der Waals surface area (Å²) in [6, 6.07) is 25.0. The molecule has 78 heavy (non-hydrogen) atoms. The van der Waals surface area contributed by atoms with E-state index in [1.54, 1.807) is 43.0 Å². The van der Waals surface area contributed by atoms with Crippen molar-refractivity contribution < 1.29 is 66.9 Å². The number of nitrogens with zero attached hydrogens (tertiary/aromatic N) is 2. The number of anilines is 2. The minimum Gasteiger partial charge on any atom is -0.429 e. The number of Topliss-reactive ketones (excluding diaryl/α,β-unsaturated/α-hetero) is 2. The van der Waals surface area contributed by atoms with E-state index in [-0.39, 0.29) is 99.9 Å². The molecule has 0 radical (unpaired) electrons. The van der Waals surface area contributed by atoms with E-state index in [1.165, 1.54) is 24.3 Å². The van der Waals surface area contributed by atoms with Gasteiger partial charge in [-0.3, -0.25) is 34.1 Å². The molecule has 1 heterocycles. The van der Waals surface area contributed by atoms with E-state index in [0.29, 0.717) is 70.1 Å². The summed E-state index contributed by atoms with van der Waals surface area (Å²) < 4.78 is 32.5. The monoisotopic (exact) mass is 1080 g/mol. The molecule has 0 aliphatic carbocycles. The van der Waals surface area contributed by atoms with E-state index < -0.39 is 40.9 Å². The highest BCUT2D eigenvalue weighted by Gasteiger charge is 2.30. The number of hydrogen-bond acceptors (Lipinski definition) is 15. The van der Waals surface area contributed by atoms with E-state index in [1.807, 2.05) is 48.5 Å². The Hall–Kier alpha value is -8.03. The number of nitrogens with two attached hydrogens (primary N) is 1. The number of benzene rings is 4. The van der Waals surface area contributed by atoms with Crippen LogP contribution in [0.15, 0.2) is 97.1 Å². The van der Waals surface area contributed by atoms with Gasteiger partial charge in [-0.15, -0.1) is 0 Å². The first-order chi connectivity index (χ1) is 37.7. The molecule has 0 spiro atoms. The number of carbonyl (C=O) groups excluding carboxylic acids is 7. The predicted octanol–water partition coefficient (Wildman–Crippen LogP) is 6.95. The number of nitro benzene ring substituents is 1. The molecule has 21 heteroatoms. The SMILES string of the molecule is CC(C)[C@H](NC(=O)CCOCCOCCOCCOCCCC(=O)CCC(=O)N1Cc2ccccc2C#Cc2ccccc21)C(=O)C[C@@H](CCCNC(N)=O)C(=O)Nc1ccc(COC(=O)Oc2ccc([N+](=O)[O-])cc2)cc1. The molecule has 21 nitrogen and oxygen atoms in total. The minimum atomic E-state index is -1.02. The Labute approximate surface area is 453 Å². The summed E-state index contributed by atoms with van der Waals surface area (Å²) in [7, 11) is 0. The van der Waals surface area contributed by atoms with Crippen LogP contribution in [0.3, 0.4) is 0 Å². The average Bonchev–Trinajstić information content (AvgIpc) is 3.42. The Morgan fingerprint density at radius 1 is 0.718 bits per heavy atom. The van der Waals surface area contributed by atoms with Gasteiger partial charge in [-0.1, -0.05) is 68.2 Å². The lowest BCUT2D eigenvalue weighted by molar-refractivity contribution is -0.384. The first-order valence-electron chi connectivity index (χ1n) is 25.8. The fourth-order valence-corrected chi connectivity index (χ4v) is 7.96. The third-order valence-corrected chi connectivity index (χ3v) is 12.1. The molecular weight excluding hydrogens is 1010 g/mol. The summed E-state index contributed by atoms with van der Waals surface area (Å²) in [5.41, 5.74) is 9.34. The number of rotatable bonds is 34. The van der Waals surface area contributed by atoms with Crippen LogP contribution in [0.25, 0.3) is 0 Å². The van der Waals surface area contributed by atoms with E-state index in [0.717, 1.165) is 22.4 Å². The second kappa shape index (κ2) is 33.2. The summed E-state index contributed by atoms with van der Waals surface area (Å²) in [5, 5.41) is 18.9. The van der Waals surface area contributed by atoms with Crippen molar-refractivity contribution in [3.8, 4) is 17.6 Å². The van der Waals surface area contributed by atoms with E-state index in [9.17, 15) is 43.7 Å². The van der Waals surface area contributed by atoms with Crippen molar-refractivity contribution in [2.24, 2.45) is 17.6 Å². The van der Waals surface area contributed by atoms with Crippen LogP contribution in [0.5, 0.6) is 5.75 Å². The van der Waals surface area contributed by atoms with Gasteiger partial charge < -0.3 is 55.0 Å². The number of ether oxygens (including phenoxy) is 6. The molecule has 0 bridgehead atoms. The van der Waals surface area contributed by atoms with Crippen LogP contribution in [0.2, 0.25) is 0 Å². The second-order valence-corrected chi connectivity index (χ2v) is 18.4. The lowest BCUT2D eigenvalue weighted by Gasteiger charge is -2.26. The summed E-state index contributed by atoms with van der Waals surface area (Å²) >= 11 is 0. The molecule has 5 N–H and O–H groups in total. The Kier molecular flexibility index (Phi) is 25.9. The van der Waals surface area contributed by atoms with Gasteiger partial charge in [-0.2, -0.15) is 0 Å². The van der Waals surface area contributed by atoms with Gasteiger partial charge in [-0.05, 0) is 78.8 Å². The summed E-state index contributed by atoms with van der Waals surface area (Å²) in [6.45, 7) is 6.26. The van der Waals surface area contributed by atoms with Crippen molar-refractivity contribution in [3.63, 3.8) is 0 Å². The highest BCUT2D eigenvalue weighted by atomic mass is 16.7. The van der Waals surface area contributed by atoms with Crippen LogP contribution >= 0.6 is 0 Å². The second-order valence-electron chi connectivity index (χ2n) is 18.4. The van der Waals surface area contributed by atoms with E-state index in [4.69, 9.17) is 34.2 Å². The zero-order valence-corrected chi connectivity index (χ0v) is 44.0. The Morgan fingerprint density at radius 2 is 1.35 bits per heavy atom. The van der Waals surface area contributed by atoms with Crippen molar-refractivity contribution >= 4 is 58.5 Å².